The van der Waals surface area contributed by atoms with E-state index >= 15 is 0 Å². The second-order valence-corrected chi connectivity index (χ2v) is 5.93. The third kappa shape index (κ3) is 5.22. The molecule has 0 aliphatic carbocycles. The first-order chi connectivity index (χ1) is 10.7. The third-order valence-corrected chi connectivity index (χ3v) is 3.71. The number of hydrogen-bond acceptors (Lipinski definition) is 2. The molecular formula is C17H19IN2O2. The van der Waals surface area contributed by atoms with Gasteiger partial charge in [-0.25, -0.2) is 4.79 Å². The Morgan fingerprint density at radius 3 is 2.77 bits per heavy atom. The Labute approximate surface area is 144 Å². The molecule has 0 aliphatic rings. The molecule has 116 valence electrons. The average Bonchev–Trinajstić information content (AvgIpc) is 2.49. The van der Waals surface area contributed by atoms with E-state index < -0.39 is 0 Å². The molecule has 2 amide bonds. The first-order valence-electron chi connectivity index (χ1n) is 7.20. The molecule has 0 atom stereocenters. The lowest BCUT2D eigenvalue weighted by Crippen LogP contribution is -2.30. The van der Waals surface area contributed by atoms with E-state index in [0.717, 1.165) is 27.0 Å². The number of halogens is 1. The van der Waals surface area contributed by atoms with Gasteiger partial charge in [-0.05, 0) is 65.8 Å². The van der Waals surface area contributed by atoms with E-state index in [-0.39, 0.29) is 6.03 Å². The van der Waals surface area contributed by atoms with Crippen molar-refractivity contribution < 1.29 is 9.53 Å². The van der Waals surface area contributed by atoms with Crippen LogP contribution in [0.3, 0.4) is 0 Å². The number of urea groups is 1. The Hall–Kier alpha value is -1.76. The smallest absolute Gasteiger partial charge is 0.319 e. The Bertz CT molecular complexity index is 632. The van der Waals surface area contributed by atoms with Crippen LogP contribution in [-0.2, 0) is 6.42 Å². The number of hydrogen-bond donors (Lipinski definition) is 2. The predicted molar refractivity (Wildman–Crippen MR) is 97.5 cm³/mol. The zero-order valence-corrected chi connectivity index (χ0v) is 14.6. The molecule has 0 radical (unpaired) electrons. The second kappa shape index (κ2) is 8.63. The number of nitrogens with one attached hydrogen (secondary N) is 2. The summed E-state index contributed by atoms with van der Waals surface area (Å²) in [6.07, 6.45) is 0.732. The lowest BCUT2D eigenvalue weighted by atomic mass is 10.1. The molecule has 0 heterocycles. The molecule has 4 nitrogen and oxygen atoms in total. The number of anilines is 1. The second-order valence-electron chi connectivity index (χ2n) is 4.68. The first kappa shape index (κ1) is 16.6. The molecule has 5 heteroatoms. The number of para-hydroxylation sites is 1. The molecule has 0 saturated heterocycles. The highest BCUT2D eigenvalue weighted by atomic mass is 127. The van der Waals surface area contributed by atoms with Gasteiger partial charge in [0.05, 0.1) is 6.61 Å². The van der Waals surface area contributed by atoms with Gasteiger partial charge < -0.3 is 15.4 Å². The van der Waals surface area contributed by atoms with Crippen molar-refractivity contribution in [1.29, 1.82) is 0 Å². The number of ether oxygens (including phenoxy) is 1. The Morgan fingerprint density at radius 1 is 1.18 bits per heavy atom. The SMILES string of the molecule is CCOc1ccccc1CCNC(=O)Nc1cccc(I)c1. The van der Waals surface area contributed by atoms with Crippen molar-refractivity contribution in [2.24, 2.45) is 0 Å². The number of benzene rings is 2. The summed E-state index contributed by atoms with van der Waals surface area (Å²) in [5.74, 6) is 0.879. The van der Waals surface area contributed by atoms with Crippen molar-refractivity contribution >= 4 is 34.3 Å². The van der Waals surface area contributed by atoms with Gasteiger partial charge in [-0.3, -0.25) is 0 Å². The molecule has 2 aromatic rings. The van der Waals surface area contributed by atoms with Gasteiger partial charge in [-0.15, -0.1) is 0 Å². The number of carbonyl (C=O) groups is 1. The van der Waals surface area contributed by atoms with E-state index in [2.05, 4.69) is 33.2 Å². The van der Waals surface area contributed by atoms with Crippen LogP contribution < -0.4 is 15.4 Å². The van der Waals surface area contributed by atoms with Gasteiger partial charge in [-0.1, -0.05) is 24.3 Å². The molecule has 2 rings (SSSR count). The Kier molecular flexibility index (Phi) is 6.51. The fraction of sp³-hybridized carbons (Fsp3) is 0.235. The van der Waals surface area contributed by atoms with Crippen LogP contribution in [0.1, 0.15) is 12.5 Å². The summed E-state index contributed by atoms with van der Waals surface area (Å²) in [6, 6.07) is 15.4. The highest BCUT2D eigenvalue weighted by molar-refractivity contribution is 14.1. The van der Waals surface area contributed by atoms with E-state index in [0.29, 0.717) is 13.2 Å². The number of amides is 2. The normalized spacial score (nSPS) is 10.1. The zero-order chi connectivity index (χ0) is 15.8. The van der Waals surface area contributed by atoms with Crippen LogP contribution >= 0.6 is 22.6 Å². The minimum absolute atomic E-state index is 0.198. The summed E-state index contributed by atoms with van der Waals surface area (Å²) in [6.45, 7) is 3.15. The molecule has 0 bridgehead atoms. The Morgan fingerprint density at radius 2 is 2.00 bits per heavy atom. The zero-order valence-electron chi connectivity index (χ0n) is 12.4. The lowest BCUT2D eigenvalue weighted by molar-refractivity contribution is 0.252. The standard InChI is InChI=1S/C17H19IN2O2/c1-2-22-16-9-4-3-6-13(16)10-11-19-17(21)20-15-8-5-7-14(18)12-15/h3-9,12H,2,10-11H2,1H3,(H2,19,20,21). The van der Waals surface area contributed by atoms with Crippen LogP contribution in [0.2, 0.25) is 0 Å². The molecule has 0 aliphatic heterocycles. The summed E-state index contributed by atoms with van der Waals surface area (Å²) in [7, 11) is 0. The van der Waals surface area contributed by atoms with E-state index in [1.807, 2.05) is 55.5 Å². The van der Waals surface area contributed by atoms with E-state index in [4.69, 9.17) is 4.74 Å². The molecule has 2 aromatic carbocycles. The average molecular weight is 410 g/mol. The molecule has 0 spiro atoms. The van der Waals surface area contributed by atoms with Crippen LogP contribution in [-0.4, -0.2) is 19.2 Å². The van der Waals surface area contributed by atoms with Gasteiger partial charge in [0.2, 0.25) is 0 Å². The summed E-state index contributed by atoms with van der Waals surface area (Å²) in [4.78, 5) is 11.9. The van der Waals surface area contributed by atoms with Crippen LogP contribution in [0.4, 0.5) is 10.5 Å². The fourth-order valence-corrected chi connectivity index (χ4v) is 2.60. The molecular weight excluding hydrogens is 391 g/mol. The third-order valence-electron chi connectivity index (χ3n) is 3.03. The van der Waals surface area contributed by atoms with Crippen LogP contribution in [0.5, 0.6) is 5.75 Å². The highest BCUT2D eigenvalue weighted by Gasteiger charge is 2.04. The van der Waals surface area contributed by atoms with Crippen molar-refractivity contribution in [3.8, 4) is 5.75 Å². The summed E-state index contributed by atoms with van der Waals surface area (Å²) in [5.41, 5.74) is 1.89. The topological polar surface area (TPSA) is 50.4 Å². The van der Waals surface area contributed by atoms with Crippen LogP contribution in [0.15, 0.2) is 48.5 Å². The lowest BCUT2D eigenvalue weighted by Gasteiger charge is -2.11. The molecule has 0 aromatic heterocycles. The minimum atomic E-state index is -0.198. The van der Waals surface area contributed by atoms with Gasteiger partial charge in [0.25, 0.3) is 0 Å². The molecule has 22 heavy (non-hydrogen) atoms. The summed E-state index contributed by atoms with van der Waals surface area (Å²) in [5, 5.41) is 5.68. The minimum Gasteiger partial charge on any atom is -0.494 e. The van der Waals surface area contributed by atoms with Gasteiger partial charge in [0.15, 0.2) is 0 Å². The van der Waals surface area contributed by atoms with Crippen molar-refractivity contribution in [2.75, 3.05) is 18.5 Å². The quantitative estimate of drug-likeness (QED) is 0.706. The van der Waals surface area contributed by atoms with Gasteiger partial charge in [-0.2, -0.15) is 0 Å². The predicted octanol–water partition coefficient (Wildman–Crippen LogP) is 4.05. The van der Waals surface area contributed by atoms with E-state index in [1.165, 1.54) is 0 Å². The van der Waals surface area contributed by atoms with Crippen LogP contribution in [0, 0.1) is 3.57 Å². The van der Waals surface area contributed by atoms with Crippen molar-refractivity contribution in [1.82, 2.24) is 5.32 Å². The van der Waals surface area contributed by atoms with E-state index in [9.17, 15) is 4.79 Å². The fourth-order valence-electron chi connectivity index (χ4n) is 2.06. The number of carbonyl (C=O) groups excluding carboxylic acids is 1. The van der Waals surface area contributed by atoms with E-state index in [1.54, 1.807) is 0 Å². The molecule has 2 N–H and O–H groups in total. The number of rotatable bonds is 6. The van der Waals surface area contributed by atoms with Crippen LogP contribution in [0.25, 0.3) is 0 Å². The van der Waals surface area contributed by atoms with Crippen molar-refractivity contribution in [3.63, 3.8) is 0 Å². The summed E-state index contributed by atoms with van der Waals surface area (Å²) >= 11 is 2.21. The molecule has 0 saturated carbocycles. The van der Waals surface area contributed by atoms with Gasteiger partial charge in [0.1, 0.15) is 5.75 Å². The largest absolute Gasteiger partial charge is 0.494 e. The monoisotopic (exact) mass is 410 g/mol. The maximum atomic E-state index is 11.9. The molecule has 0 unspecified atom stereocenters. The van der Waals surface area contributed by atoms with Crippen molar-refractivity contribution in [3.05, 3.63) is 57.7 Å². The van der Waals surface area contributed by atoms with Crippen molar-refractivity contribution in [2.45, 2.75) is 13.3 Å². The maximum absolute atomic E-state index is 11.9. The Balaban J connectivity index is 1.82. The van der Waals surface area contributed by atoms with Gasteiger partial charge >= 0.3 is 6.03 Å². The highest BCUT2D eigenvalue weighted by Crippen LogP contribution is 2.18. The first-order valence-corrected chi connectivity index (χ1v) is 8.28. The van der Waals surface area contributed by atoms with Gasteiger partial charge in [0, 0.05) is 15.8 Å². The summed E-state index contributed by atoms with van der Waals surface area (Å²) < 4.78 is 6.66. The maximum Gasteiger partial charge on any atom is 0.319 e. The molecule has 0 fully saturated rings.